The fourth-order valence-corrected chi connectivity index (χ4v) is 2.14. The molecule has 0 aliphatic carbocycles. The van der Waals surface area contributed by atoms with Crippen LogP contribution in [0.4, 0.5) is 0 Å². The van der Waals surface area contributed by atoms with Crippen LogP contribution in [0.2, 0.25) is 0 Å². The maximum Gasteiger partial charge on any atom is 0.0445 e. The van der Waals surface area contributed by atoms with E-state index in [1.165, 1.54) is 24.9 Å². The highest BCUT2D eigenvalue weighted by atomic mass is 15.2. The maximum atomic E-state index is 4.18. The summed E-state index contributed by atoms with van der Waals surface area (Å²) >= 11 is 0. The Morgan fingerprint density at radius 1 is 1.54 bits per heavy atom. The number of hydrogen-bond donors (Lipinski definition) is 0. The van der Waals surface area contributed by atoms with Crippen molar-refractivity contribution in [3.05, 3.63) is 30.1 Å². The van der Waals surface area contributed by atoms with Gasteiger partial charge < -0.3 is 0 Å². The number of pyridine rings is 1. The van der Waals surface area contributed by atoms with Crippen molar-refractivity contribution >= 4 is 0 Å². The van der Waals surface area contributed by atoms with E-state index in [-0.39, 0.29) is 5.54 Å². The molecule has 1 aliphatic rings. The molecule has 1 aliphatic heterocycles. The summed E-state index contributed by atoms with van der Waals surface area (Å²) in [5.74, 6) is 0. The molecule has 70 valence electrons. The van der Waals surface area contributed by atoms with Crippen LogP contribution in [0.3, 0.4) is 0 Å². The summed E-state index contributed by atoms with van der Waals surface area (Å²) in [6.45, 7) is 3.50. The lowest BCUT2D eigenvalue weighted by Crippen LogP contribution is -2.35. The first kappa shape index (κ1) is 8.70. The van der Waals surface area contributed by atoms with E-state index in [4.69, 9.17) is 0 Å². The van der Waals surface area contributed by atoms with Crippen LogP contribution >= 0.6 is 0 Å². The van der Waals surface area contributed by atoms with Gasteiger partial charge in [0.2, 0.25) is 0 Å². The SMILES string of the molecule is CN1CCC[C@@]1(C)c1cccnc1. The lowest BCUT2D eigenvalue weighted by atomic mass is 9.91. The Labute approximate surface area is 79.6 Å². The molecule has 0 N–H and O–H groups in total. The fraction of sp³-hybridized carbons (Fsp3) is 0.545. The zero-order chi connectivity index (χ0) is 9.31. The molecule has 2 nitrogen and oxygen atoms in total. The minimum Gasteiger partial charge on any atom is -0.297 e. The summed E-state index contributed by atoms with van der Waals surface area (Å²) < 4.78 is 0. The van der Waals surface area contributed by atoms with Gasteiger partial charge in [-0.2, -0.15) is 0 Å². The van der Waals surface area contributed by atoms with Crippen molar-refractivity contribution in [1.82, 2.24) is 9.88 Å². The van der Waals surface area contributed by atoms with E-state index in [0.717, 1.165) is 0 Å². The number of nitrogens with zero attached hydrogens (tertiary/aromatic N) is 2. The van der Waals surface area contributed by atoms with E-state index in [1.807, 2.05) is 18.5 Å². The molecule has 1 atom stereocenters. The molecule has 0 unspecified atom stereocenters. The highest BCUT2D eigenvalue weighted by Crippen LogP contribution is 2.36. The molecule has 0 radical (unpaired) electrons. The lowest BCUT2D eigenvalue weighted by molar-refractivity contribution is 0.197. The summed E-state index contributed by atoms with van der Waals surface area (Å²) in [5, 5.41) is 0. The van der Waals surface area contributed by atoms with Crippen molar-refractivity contribution in [2.24, 2.45) is 0 Å². The molecule has 2 heteroatoms. The van der Waals surface area contributed by atoms with Gasteiger partial charge in [0.25, 0.3) is 0 Å². The third-order valence-corrected chi connectivity index (χ3v) is 3.28. The van der Waals surface area contributed by atoms with Crippen LogP contribution in [0.15, 0.2) is 24.5 Å². The minimum absolute atomic E-state index is 0.217. The first-order chi connectivity index (χ1) is 6.23. The van der Waals surface area contributed by atoms with Gasteiger partial charge in [0.15, 0.2) is 0 Å². The van der Waals surface area contributed by atoms with Gasteiger partial charge in [-0.1, -0.05) is 6.07 Å². The van der Waals surface area contributed by atoms with E-state index in [2.05, 4.69) is 29.9 Å². The second kappa shape index (κ2) is 3.11. The summed E-state index contributed by atoms with van der Waals surface area (Å²) in [7, 11) is 2.19. The molecule has 0 bridgehead atoms. The number of likely N-dealkylation sites (tertiary alicyclic amines) is 1. The Hall–Kier alpha value is -0.890. The van der Waals surface area contributed by atoms with Gasteiger partial charge in [0.1, 0.15) is 0 Å². The number of rotatable bonds is 1. The van der Waals surface area contributed by atoms with Gasteiger partial charge in [-0.15, -0.1) is 0 Å². The zero-order valence-electron chi connectivity index (χ0n) is 8.33. The second-order valence-electron chi connectivity index (χ2n) is 4.04. The first-order valence-corrected chi connectivity index (χ1v) is 4.85. The molecule has 1 aromatic heterocycles. The van der Waals surface area contributed by atoms with Crippen LogP contribution in [-0.4, -0.2) is 23.5 Å². The molecule has 13 heavy (non-hydrogen) atoms. The van der Waals surface area contributed by atoms with Gasteiger partial charge >= 0.3 is 0 Å². The Bertz CT molecular complexity index is 283. The predicted octanol–water partition coefficient (Wildman–Crippen LogP) is 2.02. The molecule has 0 aromatic carbocycles. The van der Waals surface area contributed by atoms with Gasteiger partial charge in [0.05, 0.1) is 0 Å². The maximum absolute atomic E-state index is 4.18. The minimum atomic E-state index is 0.217. The van der Waals surface area contributed by atoms with Gasteiger partial charge in [-0.25, -0.2) is 0 Å². The summed E-state index contributed by atoms with van der Waals surface area (Å²) in [5.41, 5.74) is 1.56. The smallest absolute Gasteiger partial charge is 0.0445 e. The van der Waals surface area contributed by atoms with E-state index in [0.29, 0.717) is 0 Å². The van der Waals surface area contributed by atoms with Crippen molar-refractivity contribution < 1.29 is 0 Å². The van der Waals surface area contributed by atoms with Crippen LogP contribution in [-0.2, 0) is 5.54 Å². The first-order valence-electron chi connectivity index (χ1n) is 4.85. The molecule has 0 saturated carbocycles. The molecular weight excluding hydrogens is 160 g/mol. The van der Waals surface area contributed by atoms with Crippen LogP contribution < -0.4 is 0 Å². The predicted molar refractivity (Wildman–Crippen MR) is 53.5 cm³/mol. The van der Waals surface area contributed by atoms with E-state index in [1.54, 1.807) is 0 Å². The normalized spacial score (nSPS) is 29.4. The Kier molecular flexibility index (Phi) is 2.08. The highest BCUT2D eigenvalue weighted by Gasteiger charge is 2.35. The Morgan fingerprint density at radius 3 is 2.92 bits per heavy atom. The molecule has 2 heterocycles. The van der Waals surface area contributed by atoms with Crippen molar-refractivity contribution in [1.29, 1.82) is 0 Å². The zero-order valence-corrected chi connectivity index (χ0v) is 8.33. The summed E-state index contributed by atoms with van der Waals surface area (Å²) in [6.07, 6.45) is 6.36. The molecule has 1 aromatic rings. The lowest BCUT2D eigenvalue weighted by Gasteiger charge is -2.32. The molecule has 2 rings (SSSR count). The molecular formula is C11H16N2. The van der Waals surface area contributed by atoms with Crippen LogP contribution in [0, 0.1) is 0 Å². The van der Waals surface area contributed by atoms with Crippen molar-refractivity contribution in [2.45, 2.75) is 25.3 Å². The third kappa shape index (κ3) is 1.35. The monoisotopic (exact) mass is 176 g/mol. The molecule has 1 fully saturated rings. The Balaban J connectivity index is 2.34. The van der Waals surface area contributed by atoms with Crippen LogP contribution in [0.25, 0.3) is 0 Å². The molecule has 1 saturated heterocycles. The highest BCUT2D eigenvalue weighted by molar-refractivity contribution is 5.21. The fourth-order valence-electron chi connectivity index (χ4n) is 2.14. The average Bonchev–Trinajstić information content (AvgIpc) is 2.50. The average molecular weight is 176 g/mol. The number of hydrogen-bond acceptors (Lipinski definition) is 2. The van der Waals surface area contributed by atoms with Crippen LogP contribution in [0.5, 0.6) is 0 Å². The summed E-state index contributed by atoms with van der Waals surface area (Å²) in [4.78, 5) is 6.60. The van der Waals surface area contributed by atoms with E-state index in [9.17, 15) is 0 Å². The standard InChI is InChI=1S/C11H16N2/c1-11(6-4-8-13(11)2)10-5-3-7-12-9-10/h3,5,7,9H,4,6,8H2,1-2H3/t11-/m0/s1. The largest absolute Gasteiger partial charge is 0.297 e. The van der Waals surface area contributed by atoms with Crippen molar-refractivity contribution in [3.8, 4) is 0 Å². The molecule has 0 spiro atoms. The van der Waals surface area contributed by atoms with Crippen molar-refractivity contribution in [2.75, 3.05) is 13.6 Å². The van der Waals surface area contributed by atoms with Gasteiger partial charge in [0, 0.05) is 17.9 Å². The van der Waals surface area contributed by atoms with Crippen LogP contribution in [0.1, 0.15) is 25.3 Å². The second-order valence-corrected chi connectivity index (χ2v) is 4.04. The van der Waals surface area contributed by atoms with Gasteiger partial charge in [-0.3, -0.25) is 9.88 Å². The van der Waals surface area contributed by atoms with E-state index < -0.39 is 0 Å². The molecule has 0 amide bonds. The van der Waals surface area contributed by atoms with E-state index >= 15 is 0 Å². The topological polar surface area (TPSA) is 16.1 Å². The van der Waals surface area contributed by atoms with Crippen molar-refractivity contribution in [3.63, 3.8) is 0 Å². The summed E-state index contributed by atoms with van der Waals surface area (Å²) in [6, 6.07) is 4.20. The van der Waals surface area contributed by atoms with Gasteiger partial charge in [-0.05, 0) is 45.0 Å². The number of aromatic nitrogens is 1. The third-order valence-electron chi connectivity index (χ3n) is 3.28. The quantitative estimate of drug-likeness (QED) is 0.651. The Morgan fingerprint density at radius 2 is 2.38 bits per heavy atom.